The summed E-state index contributed by atoms with van der Waals surface area (Å²) in [5.41, 5.74) is -6.08. The van der Waals surface area contributed by atoms with Crippen molar-refractivity contribution in [3.63, 3.8) is 0 Å². The minimum Gasteiger partial charge on any atom is -0.379 e. The van der Waals surface area contributed by atoms with Crippen molar-refractivity contribution in [1.82, 2.24) is 63.7 Å². The fraction of sp³-hybridized carbons (Fsp3) is 1.00. The van der Waals surface area contributed by atoms with Gasteiger partial charge in [-0.2, -0.15) is 0 Å². The molecule has 0 amide bonds. The van der Waals surface area contributed by atoms with Crippen LogP contribution in [0.2, 0.25) is 0 Å². The van der Waals surface area contributed by atoms with Gasteiger partial charge in [-0.3, -0.25) is 63.7 Å². The summed E-state index contributed by atoms with van der Waals surface area (Å²) >= 11 is 0. The van der Waals surface area contributed by atoms with Gasteiger partial charge in [0.05, 0.1) is 177 Å². The molecule has 86 heavy (non-hydrogen) atoms. The summed E-state index contributed by atoms with van der Waals surface area (Å²) in [5.74, 6) is -0.957. The molecular formula is C60H107N13O13. The molecule has 26 heteroatoms. The first-order chi connectivity index (χ1) is 42.6. The van der Waals surface area contributed by atoms with Crippen LogP contribution in [0.1, 0.15) is 6.92 Å². The van der Waals surface area contributed by atoms with E-state index in [1.165, 1.54) is 0 Å². The van der Waals surface area contributed by atoms with E-state index in [4.69, 9.17) is 61.6 Å². The number of morpholine rings is 13. The molecule has 0 spiro atoms. The summed E-state index contributed by atoms with van der Waals surface area (Å²) in [4.78, 5) is 40.4. The second-order valence-electron chi connectivity index (χ2n) is 25.9. The van der Waals surface area contributed by atoms with Crippen molar-refractivity contribution in [2.45, 2.75) is 46.4 Å². The maximum Gasteiger partial charge on any atom is 0.156 e. The molecule has 14 aliphatic rings. The number of hydrogen-bond donors (Lipinski definition) is 0. The molecule has 0 aromatic heterocycles. The fourth-order valence-electron chi connectivity index (χ4n) is 20.9. The Balaban J connectivity index is 1.33. The van der Waals surface area contributed by atoms with Crippen molar-refractivity contribution >= 4 is 0 Å². The van der Waals surface area contributed by atoms with Crippen LogP contribution in [0.3, 0.4) is 0 Å². The van der Waals surface area contributed by atoms with E-state index in [9.17, 15) is 0 Å². The summed E-state index contributed by atoms with van der Waals surface area (Å²) in [7, 11) is 0. The van der Waals surface area contributed by atoms with E-state index in [2.05, 4.69) is 70.6 Å². The molecule has 490 valence electrons. The van der Waals surface area contributed by atoms with Gasteiger partial charge in [0.15, 0.2) is 5.79 Å². The number of nitrogens with zero attached hydrogens (tertiary/aromatic N) is 13. The van der Waals surface area contributed by atoms with Crippen LogP contribution in [0.4, 0.5) is 0 Å². The predicted molar refractivity (Wildman–Crippen MR) is 316 cm³/mol. The molecule has 13 saturated heterocycles. The summed E-state index contributed by atoms with van der Waals surface area (Å²) in [6, 6.07) is 0. The highest BCUT2D eigenvalue weighted by atomic mass is 16.5. The lowest BCUT2D eigenvalue weighted by molar-refractivity contribution is -0.492. The van der Waals surface area contributed by atoms with Gasteiger partial charge in [-0.15, -0.1) is 0 Å². The Morgan fingerprint density at radius 2 is 0.349 bits per heavy atom. The first-order valence-corrected chi connectivity index (χ1v) is 33.9. The zero-order valence-corrected chi connectivity index (χ0v) is 52.4. The van der Waals surface area contributed by atoms with Crippen molar-refractivity contribution in [3.05, 3.63) is 0 Å². The molecular weight excluding hydrogens is 1110 g/mol. The van der Waals surface area contributed by atoms with Crippen molar-refractivity contribution in [1.29, 1.82) is 0 Å². The van der Waals surface area contributed by atoms with Crippen LogP contribution in [0.25, 0.3) is 0 Å². The lowest BCUT2D eigenvalue weighted by atomic mass is 9.40. The average molecular weight is 1220 g/mol. The Kier molecular flexibility index (Phi) is 20.0. The highest BCUT2D eigenvalue weighted by Gasteiger charge is 3.00. The van der Waals surface area contributed by atoms with Gasteiger partial charge >= 0.3 is 0 Å². The zero-order valence-electron chi connectivity index (χ0n) is 52.4. The average Bonchev–Trinajstić information content (AvgIpc) is 0.598. The van der Waals surface area contributed by atoms with Gasteiger partial charge < -0.3 is 61.6 Å². The molecule has 26 nitrogen and oxygen atoms in total. The second-order valence-corrected chi connectivity index (χ2v) is 25.9. The maximum atomic E-state index is 6.96. The van der Waals surface area contributed by atoms with E-state index in [0.717, 1.165) is 157 Å². The Morgan fingerprint density at radius 3 is 0.581 bits per heavy atom. The van der Waals surface area contributed by atoms with Crippen molar-refractivity contribution in [3.8, 4) is 0 Å². The summed E-state index contributed by atoms with van der Waals surface area (Å²) in [5, 5.41) is 0. The van der Waals surface area contributed by atoms with Crippen molar-refractivity contribution in [2.24, 2.45) is 0 Å². The maximum absolute atomic E-state index is 6.96. The normalized spacial score (nSPS) is 35.8. The molecule has 0 N–H and O–H groups in total. The van der Waals surface area contributed by atoms with Gasteiger partial charge in [-0.25, -0.2) is 0 Å². The SMILES string of the molecule is CC1(N2CCOCC2)C(N2CCOCC2)(N2CCOCC2)C(N2CCOCC2)(N2CCOCC2)C(N2CCOCC2)(N2CCOCC2)C(N2CCOCC2)(N2CCOCC2)C1(N1CCOCC1)C(N1CCOCC1)(N1CCOCC1)N1CCOCC1. The molecule has 14 fully saturated rings. The summed E-state index contributed by atoms with van der Waals surface area (Å²) in [6.07, 6.45) is 0. The number of hydrogen-bond acceptors (Lipinski definition) is 26. The molecule has 1 aliphatic carbocycles. The summed E-state index contributed by atoms with van der Waals surface area (Å²) in [6.45, 7) is 37.7. The third kappa shape index (κ3) is 9.36. The molecule has 0 aromatic rings. The minimum absolute atomic E-state index is 0.594. The number of rotatable bonds is 14. The molecule has 1 saturated carbocycles. The standard InChI is InChI=1S/C60H107N13O13/c1-54(61-2-28-74-29-3-61)55(62-4-30-75-31-5-62,60(71-22-48-84-49-23-71,72-24-50-85-51-25-72)73-26-52-86-53-27-73)57(65-10-36-78-37-11-65,66-12-38-79-39-13-66)59(69-18-44-82-45-19-69,70-20-46-83-47-21-70)58(67-14-40-80-41-15-67,68-16-42-81-43-17-68)56(54,63-6-32-76-33-7-63)64-8-34-77-35-9-64/h2-53H2,1H3. The first kappa shape index (κ1) is 62.4. The van der Waals surface area contributed by atoms with Crippen LogP contribution in [-0.2, 0) is 61.6 Å². The predicted octanol–water partition coefficient (Wildman–Crippen LogP) is -3.74. The Morgan fingerprint density at radius 1 is 0.186 bits per heavy atom. The highest BCUT2D eigenvalue weighted by molar-refractivity contribution is 5.52. The van der Waals surface area contributed by atoms with Crippen molar-refractivity contribution < 1.29 is 61.6 Å². The molecule has 2 atom stereocenters. The largest absolute Gasteiger partial charge is 0.379 e. The van der Waals surface area contributed by atoms with Crippen LogP contribution in [-0.4, -0.2) is 445 Å². The van der Waals surface area contributed by atoms with Crippen molar-refractivity contribution in [2.75, 3.05) is 342 Å². The van der Waals surface area contributed by atoms with Gasteiger partial charge in [0.1, 0.15) is 28.2 Å². The Hall–Kier alpha value is -1.04. The lowest BCUT2D eigenvalue weighted by Gasteiger charge is -2.94. The monoisotopic (exact) mass is 1220 g/mol. The van der Waals surface area contributed by atoms with Crippen LogP contribution >= 0.6 is 0 Å². The Bertz CT molecular complexity index is 2000. The van der Waals surface area contributed by atoms with Gasteiger partial charge in [-0.1, -0.05) is 0 Å². The third-order valence-corrected chi connectivity index (χ3v) is 23.1. The molecule has 13 heterocycles. The fourth-order valence-corrected chi connectivity index (χ4v) is 20.9. The smallest absolute Gasteiger partial charge is 0.156 e. The van der Waals surface area contributed by atoms with E-state index < -0.39 is 39.5 Å². The van der Waals surface area contributed by atoms with Crippen LogP contribution in [0, 0.1) is 0 Å². The summed E-state index contributed by atoms with van der Waals surface area (Å²) < 4.78 is 89.2. The van der Waals surface area contributed by atoms with E-state index in [0.29, 0.717) is 185 Å². The van der Waals surface area contributed by atoms with Gasteiger partial charge in [-0.05, 0) is 6.92 Å². The van der Waals surface area contributed by atoms with Gasteiger partial charge in [0, 0.05) is 170 Å². The molecule has 14 rings (SSSR count). The molecule has 0 aromatic carbocycles. The molecule has 2 unspecified atom stereocenters. The second kappa shape index (κ2) is 27.5. The first-order valence-electron chi connectivity index (χ1n) is 33.9. The molecule has 13 aliphatic heterocycles. The van der Waals surface area contributed by atoms with Gasteiger partial charge in [0.25, 0.3) is 0 Å². The van der Waals surface area contributed by atoms with E-state index in [-0.39, 0.29) is 0 Å². The topological polar surface area (TPSA) is 162 Å². The van der Waals surface area contributed by atoms with E-state index in [1.54, 1.807) is 0 Å². The number of ether oxygens (including phenoxy) is 13. The van der Waals surface area contributed by atoms with E-state index in [1.807, 2.05) is 0 Å². The van der Waals surface area contributed by atoms with Crippen LogP contribution in [0.15, 0.2) is 0 Å². The highest BCUT2D eigenvalue weighted by Crippen LogP contribution is 2.75. The third-order valence-electron chi connectivity index (χ3n) is 23.1. The lowest BCUT2D eigenvalue weighted by Crippen LogP contribution is -3.17. The van der Waals surface area contributed by atoms with Crippen LogP contribution in [0.5, 0.6) is 0 Å². The Labute approximate surface area is 512 Å². The molecule has 0 bridgehead atoms. The quantitative estimate of drug-likeness (QED) is 0.167. The zero-order chi connectivity index (χ0) is 58.0. The van der Waals surface area contributed by atoms with Gasteiger partial charge in [0.2, 0.25) is 0 Å². The molecule has 0 radical (unpaired) electrons. The van der Waals surface area contributed by atoms with Crippen LogP contribution < -0.4 is 0 Å². The van der Waals surface area contributed by atoms with E-state index >= 15 is 0 Å². The minimum atomic E-state index is -1.07.